The fourth-order valence-corrected chi connectivity index (χ4v) is 7.35. The lowest BCUT2D eigenvalue weighted by Gasteiger charge is -2.28. The molecular weight excluding hydrogens is 777 g/mol. The van der Waals surface area contributed by atoms with Gasteiger partial charge in [0.05, 0.1) is 76.4 Å². The number of rotatable bonds is 5. The highest BCUT2D eigenvalue weighted by atomic mass is 35.5. The molecule has 0 saturated carbocycles. The Kier molecular flexibility index (Phi) is 10.7. The fraction of sp³-hybridized carbons (Fsp3) is 0.0476. The maximum Gasteiger partial charge on any atom is 0.338 e. The Morgan fingerprint density at radius 1 is 0.368 bits per heavy atom. The molecule has 4 nitrogen and oxygen atoms in total. The highest BCUT2D eigenvalue weighted by Gasteiger charge is 2.38. The van der Waals surface area contributed by atoms with Gasteiger partial charge in [-0.25, -0.2) is 9.59 Å². The van der Waals surface area contributed by atoms with Crippen LogP contribution in [0.25, 0.3) is 0 Å². The first kappa shape index (κ1) is 32.9. The molecule has 0 atom stereocenters. The lowest BCUT2D eigenvalue weighted by atomic mass is 9.83. The number of benzene rings is 3. The van der Waals surface area contributed by atoms with Crippen LogP contribution in [-0.4, -0.2) is 22.2 Å². The van der Waals surface area contributed by atoms with Gasteiger partial charge in [0.15, 0.2) is 0 Å². The van der Waals surface area contributed by atoms with E-state index in [0.717, 1.165) is 0 Å². The Hall–Kier alpha value is 0.370. The minimum absolute atomic E-state index is 0.161. The van der Waals surface area contributed by atoms with Crippen LogP contribution in [0.4, 0.5) is 0 Å². The van der Waals surface area contributed by atoms with Crippen molar-refractivity contribution in [1.82, 2.24) is 0 Å². The second-order valence-electron chi connectivity index (χ2n) is 7.12. The second kappa shape index (κ2) is 12.3. The van der Waals surface area contributed by atoms with Crippen molar-refractivity contribution >= 4 is 163 Å². The Labute approximate surface area is 278 Å². The molecule has 0 amide bonds. The van der Waals surface area contributed by atoms with Crippen LogP contribution in [0.5, 0.6) is 0 Å². The molecule has 0 aliphatic carbocycles. The molecule has 0 saturated heterocycles. The number of carboxylic acids is 2. The van der Waals surface area contributed by atoms with E-state index in [9.17, 15) is 19.8 Å². The van der Waals surface area contributed by atoms with Crippen LogP contribution in [0.1, 0.15) is 43.3 Å². The van der Waals surface area contributed by atoms with E-state index in [-0.39, 0.29) is 41.8 Å². The SMILES string of the molecule is O=C(O)c1c(Cl)c(Cl)c(C(c2c(Cl)c(Cl)c(Cl)c(Cl)c2Cl)c2c(Cl)c(Cl)c(C(=O)O)c(Cl)c2Cl)c(Cl)c1Cl. The zero-order valence-corrected chi connectivity index (χ0v) is 27.0. The number of hydrogen-bond acceptors (Lipinski definition) is 2. The van der Waals surface area contributed by atoms with Gasteiger partial charge in [-0.15, -0.1) is 0 Å². The van der Waals surface area contributed by atoms with E-state index in [4.69, 9.17) is 151 Å². The molecule has 0 aromatic heterocycles. The topological polar surface area (TPSA) is 74.6 Å². The zero-order chi connectivity index (χ0) is 29.1. The van der Waals surface area contributed by atoms with Gasteiger partial charge in [0.2, 0.25) is 0 Å². The third kappa shape index (κ3) is 5.33. The maximum absolute atomic E-state index is 11.8. The average molecular weight is 780 g/mol. The predicted octanol–water partition coefficient (Wildman–Crippen LogP) is 12.8. The summed E-state index contributed by atoms with van der Waals surface area (Å²) in [6, 6.07) is 0. The summed E-state index contributed by atoms with van der Waals surface area (Å²) in [5, 5.41) is 13.9. The summed E-state index contributed by atoms with van der Waals surface area (Å²) in [7, 11) is 0. The van der Waals surface area contributed by atoms with Crippen molar-refractivity contribution in [2.24, 2.45) is 0 Å². The predicted molar refractivity (Wildman–Crippen MR) is 159 cm³/mol. The molecule has 38 heavy (non-hydrogen) atoms. The van der Waals surface area contributed by atoms with Gasteiger partial charge in [-0.1, -0.05) is 151 Å². The van der Waals surface area contributed by atoms with Crippen molar-refractivity contribution in [3.8, 4) is 0 Å². The summed E-state index contributed by atoms with van der Waals surface area (Å²) in [5.41, 5.74) is -1.86. The van der Waals surface area contributed by atoms with Gasteiger partial charge in [0, 0.05) is 22.6 Å². The van der Waals surface area contributed by atoms with E-state index in [1.165, 1.54) is 0 Å². The summed E-state index contributed by atoms with van der Waals surface area (Å²) in [5.74, 6) is -4.63. The van der Waals surface area contributed by atoms with Crippen LogP contribution >= 0.6 is 151 Å². The Balaban J connectivity index is 2.71. The second-order valence-corrected chi connectivity index (χ2v) is 12.0. The zero-order valence-electron chi connectivity index (χ0n) is 17.2. The number of carboxylic acid groups (broad SMARTS) is 2. The maximum atomic E-state index is 11.8. The lowest BCUT2D eigenvalue weighted by molar-refractivity contribution is 0.0686. The molecule has 3 rings (SSSR count). The number of carbonyl (C=O) groups is 2. The number of hydrogen-bond donors (Lipinski definition) is 2. The van der Waals surface area contributed by atoms with E-state index < -0.39 is 69.2 Å². The average Bonchev–Trinajstić information content (AvgIpc) is 2.83. The van der Waals surface area contributed by atoms with Gasteiger partial charge < -0.3 is 10.2 Å². The molecule has 0 aliphatic rings. The van der Waals surface area contributed by atoms with Crippen molar-refractivity contribution in [3.63, 3.8) is 0 Å². The van der Waals surface area contributed by atoms with Crippen molar-refractivity contribution < 1.29 is 19.8 Å². The smallest absolute Gasteiger partial charge is 0.338 e. The molecule has 0 radical (unpaired) electrons. The molecule has 17 heteroatoms. The molecule has 0 unspecified atom stereocenters. The molecule has 0 spiro atoms. The molecule has 202 valence electrons. The van der Waals surface area contributed by atoms with Crippen LogP contribution < -0.4 is 0 Å². The third-order valence-electron chi connectivity index (χ3n) is 5.13. The van der Waals surface area contributed by atoms with Crippen LogP contribution in [0.3, 0.4) is 0 Å². The largest absolute Gasteiger partial charge is 0.478 e. The van der Waals surface area contributed by atoms with Crippen molar-refractivity contribution in [1.29, 1.82) is 0 Å². The first-order valence-corrected chi connectivity index (χ1v) is 14.1. The molecular formula is C21H3Cl13O4. The van der Waals surface area contributed by atoms with Gasteiger partial charge >= 0.3 is 11.9 Å². The van der Waals surface area contributed by atoms with E-state index in [1.807, 2.05) is 0 Å². The van der Waals surface area contributed by atoms with Crippen LogP contribution in [-0.2, 0) is 0 Å². The Bertz CT molecular complexity index is 1400. The molecule has 0 fully saturated rings. The molecule has 0 heterocycles. The highest BCUT2D eigenvalue weighted by molar-refractivity contribution is 6.56. The molecule has 3 aromatic carbocycles. The quantitative estimate of drug-likeness (QED) is 0.154. The summed E-state index contributed by atoms with van der Waals surface area (Å²) in [6.07, 6.45) is 0. The first-order chi connectivity index (χ1) is 17.5. The molecule has 0 bridgehead atoms. The van der Waals surface area contributed by atoms with Crippen LogP contribution in [0, 0.1) is 0 Å². The van der Waals surface area contributed by atoms with Gasteiger partial charge in [-0.05, 0) is 0 Å². The van der Waals surface area contributed by atoms with E-state index in [1.54, 1.807) is 0 Å². The van der Waals surface area contributed by atoms with Crippen molar-refractivity contribution in [3.05, 3.63) is 93.1 Å². The standard InChI is InChI=1S/C21H3Cl13O4/c22-7-2(8(23)14(29)5(13(7)28)20(35)36)1(4-11(26)17(32)19(34)18(33)12(4)27)3-9(24)15(30)6(21(37)38)16(31)10(3)25/h1H,(H,35,36)(H,37,38). The third-order valence-corrected chi connectivity index (χ3v) is 10.9. The van der Waals surface area contributed by atoms with Gasteiger partial charge in [0.1, 0.15) is 0 Å². The lowest BCUT2D eigenvalue weighted by Crippen LogP contribution is -2.13. The van der Waals surface area contributed by atoms with Gasteiger partial charge in [-0.3, -0.25) is 0 Å². The summed E-state index contributed by atoms with van der Waals surface area (Å²) in [4.78, 5) is 23.6. The number of aromatic carboxylic acids is 2. The first-order valence-electron chi connectivity index (χ1n) is 9.18. The molecule has 3 aromatic rings. The molecule has 0 aliphatic heterocycles. The summed E-state index contributed by atoms with van der Waals surface area (Å²) >= 11 is 83.1. The van der Waals surface area contributed by atoms with Crippen molar-refractivity contribution in [2.75, 3.05) is 0 Å². The number of halogens is 13. The van der Waals surface area contributed by atoms with Gasteiger partial charge in [-0.2, -0.15) is 0 Å². The monoisotopic (exact) mass is 774 g/mol. The summed E-state index contributed by atoms with van der Waals surface area (Å²) < 4.78 is 0. The Morgan fingerprint density at radius 3 is 0.763 bits per heavy atom. The van der Waals surface area contributed by atoms with E-state index >= 15 is 0 Å². The highest BCUT2D eigenvalue weighted by Crippen LogP contribution is 2.57. The normalized spacial score (nSPS) is 11.4. The minimum atomic E-state index is -1.55. The Morgan fingerprint density at radius 2 is 0.553 bits per heavy atom. The van der Waals surface area contributed by atoms with Crippen molar-refractivity contribution in [2.45, 2.75) is 5.92 Å². The van der Waals surface area contributed by atoms with Gasteiger partial charge in [0.25, 0.3) is 0 Å². The van der Waals surface area contributed by atoms with E-state index in [2.05, 4.69) is 0 Å². The van der Waals surface area contributed by atoms with Crippen LogP contribution in [0.2, 0.25) is 65.3 Å². The fourth-order valence-electron chi connectivity index (χ4n) is 3.49. The summed E-state index contributed by atoms with van der Waals surface area (Å²) in [6.45, 7) is 0. The molecule has 2 N–H and O–H groups in total. The van der Waals surface area contributed by atoms with E-state index in [0.29, 0.717) is 0 Å². The minimum Gasteiger partial charge on any atom is -0.478 e. The van der Waals surface area contributed by atoms with Crippen LogP contribution in [0.15, 0.2) is 0 Å².